The van der Waals surface area contributed by atoms with Crippen molar-refractivity contribution < 1.29 is 13.2 Å². The summed E-state index contributed by atoms with van der Waals surface area (Å²) < 4.78 is 33.0. The Labute approximate surface area is 116 Å². The highest BCUT2D eigenvalue weighted by atomic mass is 35.5. The normalized spacial score (nSPS) is 23.3. The highest BCUT2D eigenvalue weighted by Gasteiger charge is 2.29. The van der Waals surface area contributed by atoms with Gasteiger partial charge in [-0.25, -0.2) is 8.78 Å². The molecule has 0 unspecified atom stereocenters. The number of benzene rings is 1. The summed E-state index contributed by atoms with van der Waals surface area (Å²) >= 11 is 0. The van der Waals surface area contributed by atoms with E-state index in [1.807, 2.05) is 0 Å². The average molecular weight is 288 g/mol. The standard InChI is InChI=1S/C14H15F2NO.ClH/c1-8-7-17-4-2-9(8)13-12(16)6-11(15)10-3-5-18-14(10)13;/h3,5-6,8-9,17H,2,4,7H2,1H3;1H/t8-,9+;/m1./s1. The molecule has 1 fully saturated rings. The number of fused-ring (bicyclic) bond motifs is 1. The lowest BCUT2D eigenvalue weighted by molar-refractivity contribution is 0.340. The van der Waals surface area contributed by atoms with Gasteiger partial charge in [0.2, 0.25) is 0 Å². The Morgan fingerprint density at radius 2 is 2.11 bits per heavy atom. The van der Waals surface area contributed by atoms with Crippen LogP contribution in [0, 0.1) is 17.6 Å². The Kier molecular flexibility index (Phi) is 4.11. The van der Waals surface area contributed by atoms with Crippen LogP contribution in [-0.4, -0.2) is 13.1 Å². The van der Waals surface area contributed by atoms with Crippen molar-refractivity contribution in [3.05, 3.63) is 35.6 Å². The highest BCUT2D eigenvalue weighted by molar-refractivity contribution is 5.85. The summed E-state index contributed by atoms with van der Waals surface area (Å²) in [6.07, 6.45) is 2.27. The third kappa shape index (κ3) is 2.35. The molecule has 1 aromatic carbocycles. The van der Waals surface area contributed by atoms with Crippen molar-refractivity contribution in [2.45, 2.75) is 19.3 Å². The number of hydrogen-bond donors (Lipinski definition) is 1. The zero-order valence-electron chi connectivity index (χ0n) is 10.6. The highest BCUT2D eigenvalue weighted by Crippen LogP contribution is 2.37. The van der Waals surface area contributed by atoms with E-state index in [1.165, 1.54) is 6.26 Å². The van der Waals surface area contributed by atoms with Gasteiger partial charge in [-0.1, -0.05) is 6.92 Å². The van der Waals surface area contributed by atoms with E-state index in [-0.39, 0.29) is 18.3 Å². The molecule has 0 radical (unpaired) electrons. The minimum absolute atomic E-state index is 0. The number of piperidine rings is 1. The molecule has 0 bridgehead atoms. The summed E-state index contributed by atoms with van der Waals surface area (Å²) in [5.41, 5.74) is 0.900. The Morgan fingerprint density at radius 3 is 2.84 bits per heavy atom. The fraction of sp³-hybridized carbons (Fsp3) is 0.429. The van der Waals surface area contributed by atoms with Gasteiger partial charge in [0.15, 0.2) is 0 Å². The predicted molar refractivity (Wildman–Crippen MR) is 72.8 cm³/mol. The first-order chi connectivity index (χ1) is 8.68. The molecule has 2 heterocycles. The van der Waals surface area contributed by atoms with Crippen LogP contribution in [-0.2, 0) is 0 Å². The van der Waals surface area contributed by atoms with Crippen molar-refractivity contribution >= 4 is 23.4 Å². The van der Waals surface area contributed by atoms with Crippen LogP contribution in [0.25, 0.3) is 11.0 Å². The molecule has 1 N–H and O–H groups in total. The Bertz CT molecular complexity index is 584. The van der Waals surface area contributed by atoms with Crippen molar-refractivity contribution in [3.8, 4) is 0 Å². The van der Waals surface area contributed by atoms with Gasteiger partial charge in [-0.15, -0.1) is 12.4 Å². The smallest absolute Gasteiger partial charge is 0.143 e. The maximum atomic E-state index is 14.1. The van der Waals surface area contributed by atoms with Crippen molar-refractivity contribution in [1.82, 2.24) is 5.32 Å². The Hall–Kier alpha value is -1.13. The van der Waals surface area contributed by atoms with E-state index in [1.54, 1.807) is 6.07 Å². The van der Waals surface area contributed by atoms with E-state index in [2.05, 4.69) is 12.2 Å². The molecule has 19 heavy (non-hydrogen) atoms. The van der Waals surface area contributed by atoms with E-state index in [0.717, 1.165) is 25.6 Å². The fourth-order valence-corrected chi connectivity index (χ4v) is 2.87. The van der Waals surface area contributed by atoms with Crippen molar-refractivity contribution in [1.29, 1.82) is 0 Å². The summed E-state index contributed by atoms with van der Waals surface area (Å²) in [5.74, 6) is -0.650. The second kappa shape index (κ2) is 5.47. The van der Waals surface area contributed by atoms with Crippen LogP contribution in [0.1, 0.15) is 24.8 Å². The molecule has 5 heteroatoms. The van der Waals surface area contributed by atoms with E-state index in [4.69, 9.17) is 4.42 Å². The Balaban J connectivity index is 0.00000133. The molecule has 1 aromatic heterocycles. The van der Waals surface area contributed by atoms with E-state index in [9.17, 15) is 8.78 Å². The first kappa shape index (κ1) is 14.3. The summed E-state index contributed by atoms with van der Waals surface area (Å²) in [7, 11) is 0. The van der Waals surface area contributed by atoms with Crippen LogP contribution in [0.5, 0.6) is 0 Å². The second-order valence-electron chi connectivity index (χ2n) is 4.99. The summed E-state index contributed by atoms with van der Waals surface area (Å²) in [6, 6.07) is 2.53. The van der Waals surface area contributed by atoms with Gasteiger partial charge in [0.1, 0.15) is 17.2 Å². The van der Waals surface area contributed by atoms with Crippen LogP contribution < -0.4 is 5.32 Å². The second-order valence-corrected chi connectivity index (χ2v) is 4.99. The molecule has 2 nitrogen and oxygen atoms in total. The lowest BCUT2D eigenvalue weighted by atomic mass is 9.81. The first-order valence-electron chi connectivity index (χ1n) is 6.24. The van der Waals surface area contributed by atoms with E-state index < -0.39 is 11.6 Å². The van der Waals surface area contributed by atoms with Crippen molar-refractivity contribution in [2.75, 3.05) is 13.1 Å². The van der Waals surface area contributed by atoms with E-state index >= 15 is 0 Å². The van der Waals surface area contributed by atoms with Crippen LogP contribution in [0.3, 0.4) is 0 Å². The summed E-state index contributed by atoms with van der Waals surface area (Å²) in [6.45, 7) is 3.78. The van der Waals surface area contributed by atoms with Crippen LogP contribution in [0.15, 0.2) is 22.8 Å². The van der Waals surface area contributed by atoms with Crippen molar-refractivity contribution in [2.24, 2.45) is 5.92 Å². The molecular weight excluding hydrogens is 272 g/mol. The quantitative estimate of drug-likeness (QED) is 0.862. The largest absolute Gasteiger partial charge is 0.464 e. The predicted octanol–water partition coefficient (Wildman–Crippen LogP) is 3.85. The zero-order valence-corrected chi connectivity index (χ0v) is 11.4. The van der Waals surface area contributed by atoms with Gasteiger partial charge in [-0.2, -0.15) is 0 Å². The molecule has 0 saturated carbocycles. The van der Waals surface area contributed by atoms with Gasteiger partial charge >= 0.3 is 0 Å². The minimum Gasteiger partial charge on any atom is -0.464 e. The van der Waals surface area contributed by atoms with Gasteiger partial charge < -0.3 is 9.73 Å². The summed E-state index contributed by atoms with van der Waals surface area (Å²) in [5, 5.41) is 3.65. The fourth-order valence-electron chi connectivity index (χ4n) is 2.87. The topological polar surface area (TPSA) is 25.2 Å². The lowest BCUT2D eigenvalue weighted by Crippen LogP contribution is -2.34. The van der Waals surface area contributed by atoms with Gasteiger partial charge in [0.25, 0.3) is 0 Å². The average Bonchev–Trinajstić information content (AvgIpc) is 2.81. The third-order valence-electron chi connectivity index (χ3n) is 3.83. The molecule has 3 rings (SSSR count). The first-order valence-corrected chi connectivity index (χ1v) is 6.24. The maximum absolute atomic E-state index is 14.1. The molecule has 2 atom stereocenters. The van der Waals surface area contributed by atoms with Crippen LogP contribution in [0.2, 0.25) is 0 Å². The molecule has 0 spiro atoms. The van der Waals surface area contributed by atoms with E-state index in [0.29, 0.717) is 22.5 Å². The molecule has 0 amide bonds. The van der Waals surface area contributed by atoms with Crippen LogP contribution >= 0.6 is 12.4 Å². The number of nitrogens with one attached hydrogen (secondary N) is 1. The maximum Gasteiger partial charge on any atom is 0.143 e. The van der Waals surface area contributed by atoms with Gasteiger partial charge in [-0.05, 0) is 37.4 Å². The molecule has 104 valence electrons. The SMILES string of the molecule is C[C@@H]1CNCC[C@@H]1c1c(F)cc(F)c2ccoc12.Cl. The molecular formula is C14H16ClF2NO. The number of hydrogen-bond acceptors (Lipinski definition) is 2. The summed E-state index contributed by atoms with van der Waals surface area (Å²) in [4.78, 5) is 0. The van der Waals surface area contributed by atoms with Gasteiger partial charge in [0.05, 0.1) is 11.6 Å². The minimum atomic E-state index is -0.554. The molecule has 2 aromatic rings. The third-order valence-corrected chi connectivity index (χ3v) is 3.83. The monoisotopic (exact) mass is 287 g/mol. The van der Waals surface area contributed by atoms with Gasteiger partial charge in [0, 0.05) is 11.6 Å². The number of halogens is 3. The molecule has 1 saturated heterocycles. The molecule has 1 aliphatic rings. The van der Waals surface area contributed by atoms with Gasteiger partial charge in [-0.3, -0.25) is 0 Å². The Morgan fingerprint density at radius 1 is 1.32 bits per heavy atom. The van der Waals surface area contributed by atoms with Crippen molar-refractivity contribution in [3.63, 3.8) is 0 Å². The number of furan rings is 1. The zero-order chi connectivity index (χ0) is 12.7. The van der Waals surface area contributed by atoms with Crippen LogP contribution in [0.4, 0.5) is 8.78 Å². The number of rotatable bonds is 1. The lowest BCUT2D eigenvalue weighted by Gasteiger charge is -2.30. The molecule has 0 aliphatic carbocycles. The molecule has 1 aliphatic heterocycles.